The number of hydrogen-bond donors (Lipinski definition) is 1. The number of carbonyl (C=O) groups is 1. The number of aliphatic hydroxyl groups is 1. The number of carbonyl (C=O) groups excluding carboxylic acids is 1. The minimum Gasteiger partial charge on any atom is -0.506 e. The molecule has 0 spiro atoms. The Morgan fingerprint density at radius 2 is 1.84 bits per heavy atom. The number of fused-ring (bicyclic) bond motifs is 1. The summed E-state index contributed by atoms with van der Waals surface area (Å²) >= 11 is 0. The summed E-state index contributed by atoms with van der Waals surface area (Å²) in [6, 6.07) is 6.94. The van der Waals surface area contributed by atoms with Gasteiger partial charge in [-0.25, -0.2) is 4.68 Å². The first-order valence-electron chi connectivity index (χ1n) is 5.66. The van der Waals surface area contributed by atoms with Crippen molar-refractivity contribution in [3.05, 3.63) is 53.6 Å². The van der Waals surface area contributed by atoms with E-state index in [0.717, 1.165) is 0 Å². The summed E-state index contributed by atoms with van der Waals surface area (Å²) < 4.78 is 1.38. The third kappa shape index (κ3) is 1.74. The summed E-state index contributed by atoms with van der Waals surface area (Å²) in [4.78, 5) is 12.2. The zero-order chi connectivity index (χ0) is 13.4. The van der Waals surface area contributed by atoms with Crippen LogP contribution in [0.15, 0.2) is 47.6 Å². The molecule has 3 rings (SSSR count). The molecule has 0 saturated heterocycles. The summed E-state index contributed by atoms with van der Waals surface area (Å²) in [5.41, 5.74) is 1.67. The zero-order valence-corrected chi connectivity index (χ0v) is 10.1. The molecule has 0 unspecified atom stereocenters. The maximum Gasteiger partial charge on any atom is 0.199 e. The number of hydrogen-bond acceptors (Lipinski definition) is 5. The highest BCUT2D eigenvalue weighted by Crippen LogP contribution is 2.31. The van der Waals surface area contributed by atoms with Gasteiger partial charge < -0.3 is 5.11 Å². The van der Waals surface area contributed by atoms with Crippen LogP contribution in [-0.2, 0) is 0 Å². The highest BCUT2D eigenvalue weighted by Gasteiger charge is 2.30. The number of benzene rings is 1. The number of Topliss-reactive ketones (excluding diaryl/α,β-unsaturated/α-hetero) is 1. The van der Waals surface area contributed by atoms with E-state index in [2.05, 4.69) is 15.3 Å². The Morgan fingerprint density at radius 1 is 1.21 bits per heavy atom. The molecule has 6 nitrogen and oxygen atoms in total. The Balaban J connectivity index is 2.08. The van der Waals surface area contributed by atoms with Crippen LogP contribution in [0, 0.1) is 0 Å². The van der Waals surface area contributed by atoms with E-state index in [1.165, 1.54) is 17.3 Å². The van der Waals surface area contributed by atoms with Gasteiger partial charge in [-0.15, -0.1) is 10.2 Å². The Labute approximate surface area is 108 Å². The standard InChI is InChI=1S/C13H10N4O2/c1-8(16-17-6-14-15-7-17)11-12(18)9-4-2-3-5-10(9)13(11)19/h2-7,18H,1H3/b16-8+. The zero-order valence-electron chi connectivity index (χ0n) is 10.1. The molecule has 6 heteroatoms. The van der Waals surface area contributed by atoms with Crippen molar-refractivity contribution in [1.29, 1.82) is 0 Å². The molecular weight excluding hydrogens is 244 g/mol. The van der Waals surface area contributed by atoms with E-state index >= 15 is 0 Å². The third-order valence-corrected chi connectivity index (χ3v) is 2.92. The van der Waals surface area contributed by atoms with Gasteiger partial charge >= 0.3 is 0 Å². The first-order valence-corrected chi connectivity index (χ1v) is 5.66. The van der Waals surface area contributed by atoms with Gasteiger partial charge in [-0.05, 0) is 6.92 Å². The van der Waals surface area contributed by atoms with Gasteiger partial charge in [0.1, 0.15) is 18.4 Å². The summed E-state index contributed by atoms with van der Waals surface area (Å²) in [6.45, 7) is 1.66. The molecule has 0 saturated carbocycles. The van der Waals surface area contributed by atoms with E-state index < -0.39 is 0 Å². The summed E-state index contributed by atoms with van der Waals surface area (Å²) in [5, 5.41) is 21.5. The second kappa shape index (κ2) is 4.16. The third-order valence-electron chi connectivity index (χ3n) is 2.92. The molecule has 0 radical (unpaired) electrons. The molecule has 0 atom stereocenters. The van der Waals surface area contributed by atoms with Crippen LogP contribution in [-0.4, -0.2) is 31.5 Å². The van der Waals surface area contributed by atoms with Crippen molar-refractivity contribution in [3.8, 4) is 0 Å². The Morgan fingerprint density at radius 3 is 2.47 bits per heavy atom. The van der Waals surface area contributed by atoms with Crippen LogP contribution in [0.1, 0.15) is 22.8 Å². The number of allylic oxidation sites excluding steroid dienone is 1. The van der Waals surface area contributed by atoms with Crippen LogP contribution < -0.4 is 0 Å². The minimum atomic E-state index is -0.220. The van der Waals surface area contributed by atoms with Crippen LogP contribution in [0.2, 0.25) is 0 Å². The van der Waals surface area contributed by atoms with Gasteiger partial charge in [0.15, 0.2) is 5.78 Å². The van der Waals surface area contributed by atoms with Crippen molar-refractivity contribution in [2.24, 2.45) is 5.10 Å². The van der Waals surface area contributed by atoms with Crippen LogP contribution in [0.5, 0.6) is 0 Å². The maximum absolute atomic E-state index is 12.2. The molecular formula is C13H10N4O2. The molecule has 0 bridgehead atoms. The summed E-state index contributed by atoms with van der Waals surface area (Å²) in [7, 11) is 0. The lowest BCUT2D eigenvalue weighted by Crippen LogP contribution is -2.09. The number of rotatable bonds is 2. The lowest BCUT2D eigenvalue weighted by molar-refractivity contribution is 0.104. The van der Waals surface area contributed by atoms with Gasteiger partial charge in [0, 0.05) is 11.1 Å². The predicted octanol–water partition coefficient (Wildman–Crippen LogP) is 1.67. The van der Waals surface area contributed by atoms with Crippen LogP contribution in [0.3, 0.4) is 0 Å². The Bertz CT molecular complexity index is 714. The molecule has 1 aromatic heterocycles. The fourth-order valence-electron chi connectivity index (χ4n) is 2.07. The number of aromatic nitrogens is 3. The number of ketones is 1. The second-order valence-electron chi connectivity index (χ2n) is 4.13. The average Bonchev–Trinajstić information content (AvgIpc) is 2.99. The number of nitrogens with zero attached hydrogens (tertiary/aromatic N) is 4. The Hall–Kier alpha value is -2.76. The van der Waals surface area contributed by atoms with E-state index in [4.69, 9.17) is 0 Å². The van der Waals surface area contributed by atoms with Gasteiger partial charge in [0.05, 0.1) is 11.3 Å². The molecule has 1 aromatic carbocycles. The minimum absolute atomic E-state index is 0.0325. The Kier molecular flexibility index (Phi) is 2.49. The fourth-order valence-corrected chi connectivity index (χ4v) is 2.07. The van der Waals surface area contributed by atoms with Crippen LogP contribution >= 0.6 is 0 Å². The largest absolute Gasteiger partial charge is 0.506 e. The maximum atomic E-state index is 12.2. The molecule has 1 heterocycles. The van der Waals surface area contributed by atoms with Crippen LogP contribution in [0.4, 0.5) is 0 Å². The van der Waals surface area contributed by atoms with Crippen LogP contribution in [0.25, 0.3) is 5.76 Å². The molecule has 0 fully saturated rings. The van der Waals surface area contributed by atoms with Gasteiger partial charge in [-0.3, -0.25) is 4.79 Å². The molecule has 0 amide bonds. The van der Waals surface area contributed by atoms with Gasteiger partial charge in [-0.2, -0.15) is 5.10 Å². The van der Waals surface area contributed by atoms with Crippen molar-refractivity contribution < 1.29 is 9.90 Å². The van der Waals surface area contributed by atoms with E-state index in [1.807, 2.05) is 0 Å². The normalized spacial score (nSPS) is 15.0. The van der Waals surface area contributed by atoms with E-state index in [9.17, 15) is 9.90 Å². The summed E-state index contributed by atoms with van der Waals surface area (Å²) in [5.74, 6) is -0.252. The lowest BCUT2D eigenvalue weighted by Gasteiger charge is -2.01. The van der Waals surface area contributed by atoms with Gasteiger partial charge in [0.25, 0.3) is 0 Å². The average molecular weight is 254 g/mol. The van der Waals surface area contributed by atoms with Gasteiger partial charge in [-0.1, -0.05) is 24.3 Å². The summed E-state index contributed by atoms with van der Waals surface area (Å²) in [6.07, 6.45) is 2.82. The topological polar surface area (TPSA) is 80.4 Å². The first-order chi connectivity index (χ1) is 9.18. The van der Waals surface area contributed by atoms with Crippen molar-refractivity contribution in [1.82, 2.24) is 14.9 Å². The smallest absolute Gasteiger partial charge is 0.199 e. The van der Waals surface area contributed by atoms with Gasteiger partial charge in [0.2, 0.25) is 0 Å². The first kappa shape index (κ1) is 11.3. The molecule has 1 N–H and O–H groups in total. The molecule has 2 aromatic rings. The molecule has 1 aliphatic rings. The predicted molar refractivity (Wildman–Crippen MR) is 68.9 cm³/mol. The quantitative estimate of drug-likeness (QED) is 0.826. The van der Waals surface area contributed by atoms with E-state index in [1.54, 1.807) is 31.2 Å². The van der Waals surface area contributed by atoms with Crippen molar-refractivity contribution in [3.63, 3.8) is 0 Å². The fraction of sp³-hybridized carbons (Fsp3) is 0.0769. The highest BCUT2D eigenvalue weighted by molar-refractivity contribution is 6.35. The lowest BCUT2D eigenvalue weighted by atomic mass is 10.1. The van der Waals surface area contributed by atoms with E-state index in [0.29, 0.717) is 16.8 Å². The SMILES string of the molecule is C/C(=N\n1cnnc1)C1=C(O)c2ccccc2C1=O. The van der Waals surface area contributed by atoms with E-state index in [-0.39, 0.29) is 17.1 Å². The van der Waals surface area contributed by atoms with Crippen molar-refractivity contribution >= 4 is 17.3 Å². The molecule has 1 aliphatic carbocycles. The molecule has 94 valence electrons. The molecule has 0 aliphatic heterocycles. The second-order valence-corrected chi connectivity index (χ2v) is 4.13. The monoisotopic (exact) mass is 254 g/mol. The van der Waals surface area contributed by atoms with Crippen molar-refractivity contribution in [2.45, 2.75) is 6.92 Å². The van der Waals surface area contributed by atoms with Crippen molar-refractivity contribution in [2.75, 3.05) is 0 Å². The number of aliphatic hydroxyl groups excluding tert-OH is 1. The highest BCUT2D eigenvalue weighted by atomic mass is 16.3. The molecule has 19 heavy (non-hydrogen) atoms.